The van der Waals surface area contributed by atoms with Crippen LogP contribution >= 0.6 is 0 Å². The van der Waals surface area contributed by atoms with Gasteiger partial charge < -0.3 is 10.5 Å². The minimum Gasteiger partial charge on any atom is -0.465 e. The average Bonchev–Trinajstić information content (AvgIpc) is 2.50. The molecule has 0 saturated heterocycles. The lowest BCUT2D eigenvalue weighted by Crippen LogP contribution is -2.34. The SMILES string of the molecule is CCCN(CCC)Cc1ccc(CC(N)C(=O)OCC)cc1. The summed E-state index contributed by atoms with van der Waals surface area (Å²) in [6.07, 6.45) is 2.87. The van der Waals surface area contributed by atoms with Gasteiger partial charge in [0.1, 0.15) is 6.04 Å². The van der Waals surface area contributed by atoms with Gasteiger partial charge in [0.25, 0.3) is 0 Å². The zero-order valence-corrected chi connectivity index (χ0v) is 14.2. The van der Waals surface area contributed by atoms with Gasteiger partial charge in [-0.15, -0.1) is 0 Å². The Bertz CT molecular complexity index is 425. The van der Waals surface area contributed by atoms with Gasteiger partial charge in [0, 0.05) is 6.54 Å². The summed E-state index contributed by atoms with van der Waals surface area (Å²) in [5.41, 5.74) is 8.22. The quantitative estimate of drug-likeness (QED) is 0.675. The van der Waals surface area contributed by atoms with Gasteiger partial charge in [-0.2, -0.15) is 0 Å². The third-order valence-corrected chi connectivity index (χ3v) is 3.55. The van der Waals surface area contributed by atoms with E-state index in [0.29, 0.717) is 13.0 Å². The molecule has 0 aromatic heterocycles. The van der Waals surface area contributed by atoms with Crippen LogP contribution in [-0.2, 0) is 22.5 Å². The first-order valence-electron chi connectivity index (χ1n) is 8.33. The standard InChI is InChI=1S/C18H30N2O2/c1-4-11-20(12-5-2)14-16-9-7-15(8-10-16)13-17(19)18(21)22-6-3/h7-10,17H,4-6,11-14,19H2,1-3H3. The maximum Gasteiger partial charge on any atom is 0.323 e. The molecule has 1 rings (SSSR count). The molecule has 4 nitrogen and oxygen atoms in total. The fourth-order valence-corrected chi connectivity index (χ4v) is 2.53. The molecule has 0 aliphatic rings. The van der Waals surface area contributed by atoms with Crippen molar-refractivity contribution in [3.05, 3.63) is 35.4 Å². The van der Waals surface area contributed by atoms with Gasteiger partial charge in [-0.05, 0) is 50.4 Å². The number of hydrogen-bond acceptors (Lipinski definition) is 4. The predicted molar refractivity (Wildman–Crippen MR) is 90.6 cm³/mol. The molecule has 0 amide bonds. The van der Waals surface area contributed by atoms with E-state index in [9.17, 15) is 4.79 Å². The second kappa shape index (κ2) is 10.4. The van der Waals surface area contributed by atoms with Crippen LogP contribution in [0.2, 0.25) is 0 Å². The van der Waals surface area contributed by atoms with Gasteiger partial charge in [0.05, 0.1) is 6.61 Å². The van der Waals surface area contributed by atoms with Crippen molar-refractivity contribution < 1.29 is 9.53 Å². The molecule has 0 fully saturated rings. The molecule has 0 radical (unpaired) electrons. The second-order valence-corrected chi connectivity index (χ2v) is 5.66. The number of carbonyl (C=O) groups excluding carboxylic acids is 1. The van der Waals surface area contributed by atoms with Gasteiger partial charge in [-0.1, -0.05) is 38.1 Å². The Morgan fingerprint density at radius 2 is 1.64 bits per heavy atom. The lowest BCUT2D eigenvalue weighted by Gasteiger charge is -2.21. The molecule has 1 atom stereocenters. The lowest BCUT2D eigenvalue weighted by atomic mass is 10.0. The summed E-state index contributed by atoms with van der Waals surface area (Å²) in [5.74, 6) is -0.330. The molecule has 0 saturated carbocycles. The number of ether oxygens (including phenoxy) is 1. The van der Waals surface area contributed by atoms with Crippen LogP contribution < -0.4 is 5.73 Å². The molecule has 0 bridgehead atoms. The summed E-state index contributed by atoms with van der Waals surface area (Å²) >= 11 is 0. The molecule has 0 aliphatic heterocycles. The third kappa shape index (κ3) is 6.58. The normalized spacial score (nSPS) is 12.4. The van der Waals surface area contributed by atoms with Gasteiger partial charge in [-0.25, -0.2) is 0 Å². The second-order valence-electron chi connectivity index (χ2n) is 5.66. The molecule has 0 heterocycles. The monoisotopic (exact) mass is 306 g/mol. The summed E-state index contributed by atoms with van der Waals surface area (Å²) in [7, 11) is 0. The molecule has 1 unspecified atom stereocenters. The molecule has 22 heavy (non-hydrogen) atoms. The highest BCUT2D eigenvalue weighted by molar-refractivity contribution is 5.75. The van der Waals surface area contributed by atoms with Crippen molar-refractivity contribution in [1.82, 2.24) is 4.90 Å². The first kappa shape index (κ1) is 18.7. The van der Waals surface area contributed by atoms with Gasteiger partial charge in [0.2, 0.25) is 0 Å². The topological polar surface area (TPSA) is 55.6 Å². The van der Waals surface area contributed by atoms with Gasteiger partial charge >= 0.3 is 5.97 Å². The number of rotatable bonds is 10. The van der Waals surface area contributed by atoms with Crippen molar-refractivity contribution in [2.75, 3.05) is 19.7 Å². The van der Waals surface area contributed by atoms with E-state index in [1.54, 1.807) is 6.92 Å². The fourth-order valence-electron chi connectivity index (χ4n) is 2.53. The summed E-state index contributed by atoms with van der Waals surface area (Å²) in [6.45, 7) is 9.82. The van der Waals surface area contributed by atoms with Crippen molar-refractivity contribution in [3.8, 4) is 0 Å². The van der Waals surface area contributed by atoms with Crippen LogP contribution in [0.1, 0.15) is 44.7 Å². The van der Waals surface area contributed by atoms with Crippen molar-refractivity contribution in [2.24, 2.45) is 5.73 Å². The highest BCUT2D eigenvalue weighted by Crippen LogP contribution is 2.10. The Kier molecular flexibility index (Phi) is 8.78. The summed E-state index contributed by atoms with van der Waals surface area (Å²) in [4.78, 5) is 14.0. The lowest BCUT2D eigenvalue weighted by molar-refractivity contribution is -0.144. The fraction of sp³-hybridized carbons (Fsp3) is 0.611. The number of hydrogen-bond donors (Lipinski definition) is 1. The van der Waals surface area contributed by atoms with Crippen LogP contribution in [0.5, 0.6) is 0 Å². The average molecular weight is 306 g/mol. The maximum absolute atomic E-state index is 11.5. The van der Waals surface area contributed by atoms with Crippen molar-refractivity contribution in [3.63, 3.8) is 0 Å². The highest BCUT2D eigenvalue weighted by atomic mass is 16.5. The molecule has 0 aliphatic carbocycles. The number of nitrogens with zero attached hydrogens (tertiary/aromatic N) is 1. The zero-order valence-electron chi connectivity index (χ0n) is 14.2. The Hall–Kier alpha value is -1.39. The largest absolute Gasteiger partial charge is 0.465 e. The van der Waals surface area contributed by atoms with E-state index in [2.05, 4.69) is 43.0 Å². The van der Waals surface area contributed by atoms with E-state index < -0.39 is 6.04 Å². The van der Waals surface area contributed by atoms with Crippen LogP contribution in [0.25, 0.3) is 0 Å². The Morgan fingerprint density at radius 1 is 1.09 bits per heavy atom. The number of carbonyl (C=O) groups is 1. The van der Waals surface area contributed by atoms with Crippen molar-refractivity contribution >= 4 is 5.97 Å². The molecular formula is C18H30N2O2. The highest BCUT2D eigenvalue weighted by Gasteiger charge is 2.15. The first-order valence-corrected chi connectivity index (χ1v) is 8.33. The zero-order chi connectivity index (χ0) is 16.4. The first-order chi connectivity index (χ1) is 10.6. The van der Waals surface area contributed by atoms with Crippen LogP contribution in [0.15, 0.2) is 24.3 Å². The minimum absolute atomic E-state index is 0.330. The van der Waals surface area contributed by atoms with E-state index in [4.69, 9.17) is 10.5 Å². The predicted octanol–water partition coefficient (Wildman–Crippen LogP) is 2.74. The van der Waals surface area contributed by atoms with E-state index in [1.807, 2.05) is 0 Å². The number of benzene rings is 1. The molecule has 124 valence electrons. The van der Waals surface area contributed by atoms with Crippen LogP contribution in [-0.4, -0.2) is 36.6 Å². The third-order valence-electron chi connectivity index (χ3n) is 3.55. The summed E-state index contributed by atoms with van der Waals surface area (Å²) < 4.78 is 4.94. The Morgan fingerprint density at radius 3 is 2.14 bits per heavy atom. The summed E-state index contributed by atoms with van der Waals surface area (Å²) in [6, 6.07) is 7.80. The molecular weight excluding hydrogens is 276 g/mol. The van der Waals surface area contributed by atoms with E-state index in [0.717, 1.165) is 25.2 Å². The Balaban J connectivity index is 2.56. The van der Waals surface area contributed by atoms with Crippen LogP contribution in [0.4, 0.5) is 0 Å². The van der Waals surface area contributed by atoms with Crippen LogP contribution in [0, 0.1) is 0 Å². The molecule has 1 aromatic rings. The molecule has 4 heteroatoms. The molecule has 1 aromatic carbocycles. The molecule has 0 spiro atoms. The van der Waals surface area contributed by atoms with E-state index >= 15 is 0 Å². The minimum atomic E-state index is -0.581. The van der Waals surface area contributed by atoms with Crippen molar-refractivity contribution in [1.29, 1.82) is 0 Å². The maximum atomic E-state index is 11.5. The Labute approximate surface area is 134 Å². The molecule has 2 N–H and O–H groups in total. The summed E-state index contributed by atoms with van der Waals surface area (Å²) in [5, 5.41) is 0. The smallest absolute Gasteiger partial charge is 0.323 e. The number of esters is 1. The van der Waals surface area contributed by atoms with Gasteiger partial charge in [0.15, 0.2) is 0 Å². The van der Waals surface area contributed by atoms with Crippen molar-refractivity contribution in [2.45, 2.75) is 52.6 Å². The van der Waals surface area contributed by atoms with Crippen LogP contribution in [0.3, 0.4) is 0 Å². The van der Waals surface area contributed by atoms with E-state index in [1.165, 1.54) is 18.4 Å². The van der Waals surface area contributed by atoms with E-state index in [-0.39, 0.29) is 5.97 Å². The van der Waals surface area contributed by atoms with Gasteiger partial charge in [-0.3, -0.25) is 9.69 Å². The number of nitrogens with two attached hydrogens (primary N) is 1.